The Morgan fingerprint density at radius 3 is 2.39 bits per heavy atom. The number of hydrogen-bond donors (Lipinski definition) is 2. The van der Waals surface area contributed by atoms with Gasteiger partial charge in [-0.15, -0.1) is 0 Å². The van der Waals surface area contributed by atoms with Crippen molar-refractivity contribution in [2.45, 2.75) is 12.6 Å². The fraction of sp³-hybridized carbons (Fsp3) is 0.227. The topological polar surface area (TPSA) is 94.1 Å². The van der Waals surface area contributed by atoms with Crippen LogP contribution in [-0.2, 0) is 20.6 Å². The Morgan fingerprint density at radius 2 is 1.71 bits per heavy atom. The zero-order valence-corrected chi connectivity index (χ0v) is 17.9. The molecule has 2 heterocycles. The van der Waals surface area contributed by atoms with Crippen LogP contribution in [0.2, 0.25) is 5.02 Å². The van der Waals surface area contributed by atoms with Gasteiger partial charge in [0.2, 0.25) is 5.95 Å². The van der Waals surface area contributed by atoms with Crippen LogP contribution in [0, 0.1) is 0 Å². The lowest BCUT2D eigenvalue weighted by Gasteiger charge is -2.12. The van der Waals surface area contributed by atoms with Gasteiger partial charge in [0.25, 0.3) is 5.56 Å². The average molecular weight is 440 g/mol. The number of anilines is 1. The van der Waals surface area contributed by atoms with Crippen LogP contribution in [0.15, 0.2) is 64.2 Å². The molecule has 2 aromatic carbocycles. The minimum atomic E-state index is -0.744. The maximum absolute atomic E-state index is 13.2. The van der Waals surface area contributed by atoms with Crippen molar-refractivity contribution in [1.82, 2.24) is 18.7 Å². The number of nitrogens with one attached hydrogen (secondary N) is 1. The second kappa shape index (κ2) is 8.41. The number of nitrogens with zero attached hydrogens (tertiary/aromatic N) is 4. The summed E-state index contributed by atoms with van der Waals surface area (Å²) in [6, 6.07) is 16.2. The fourth-order valence-electron chi connectivity index (χ4n) is 3.49. The van der Waals surface area contributed by atoms with Gasteiger partial charge in [0.15, 0.2) is 11.2 Å². The summed E-state index contributed by atoms with van der Waals surface area (Å²) in [5.74, 6) is 0.390. The number of aliphatic hydroxyl groups excluding tert-OH is 1. The number of aryl methyl sites for hydroxylation is 2. The molecule has 160 valence electrons. The number of halogens is 1. The first-order valence-corrected chi connectivity index (χ1v) is 10.1. The first-order chi connectivity index (χ1) is 14.9. The van der Waals surface area contributed by atoms with E-state index in [1.165, 1.54) is 9.13 Å². The van der Waals surface area contributed by atoms with E-state index >= 15 is 0 Å². The molecule has 4 aromatic rings. The summed E-state index contributed by atoms with van der Waals surface area (Å²) in [7, 11) is 3.28. The highest BCUT2D eigenvalue weighted by molar-refractivity contribution is 6.30. The summed E-state index contributed by atoms with van der Waals surface area (Å²) in [5, 5.41) is 14.1. The van der Waals surface area contributed by atoms with Crippen LogP contribution in [0.1, 0.15) is 17.2 Å². The standard InChI is InChI=1S/C22H22ClN5O3/c1-26-18-19(25-21(26)24-12-17(29)15-6-4-3-5-7-15)27(2)22(31)28(20(18)30)13-14-8-10-16(23)11-9-14/h3-11,17,29H,12-13H2,1-2H3,(H,24,25)/t17-/m0/s1. The first-order valence-electron chi connectivity index (χ1n) is 9.74. The predicted molar refractivity (Wildman–Crippen MR) is 121 cm³/mol. The van der Waals surface area contributed by atoms with E-state index in [-0.39, 0.29) is 18.7 Å². The molecule has 0 saturated carbocycles. The Kier molecular flexibility index (Phi) is 5.67. The molecule has 0 aliphatic heterocycles. The quantitative estimate of drug-likeness (QED) is 0.480. The summed E-state index contributed by atoms with van der Waals surface area (Å²) in [4.78, 5) is 30.4. The minimum absolute atomic E-state index is 0.124. The van der Waals surface area contributed by atoms with Gasteiger partial charge in [-0.3, -0.25) is 13.9 Å². The van der Waals surface area contributed by atoms with E-state index in [0.29, 0.717) is 16.5 Å². The molecule has 2 N–H and O–H groups in total. The van der Waals surface area contributed by atoms with Gasteiger partial charge in [0.05, 0.1) is 12.6 Å². The number of rotatable bonds is 6. The van der Waals surface area contributed by atoms with E-state index in [2.05, 4.69) is 10.3 Å². The lowest BCUT2D eigenvalue weighted by atomic mass is 10.1. The third-order valence-electron chi connectivity index (χ3n) is 5.25. The van der Waals surface area contributed by atoms with Crippen LogP contribution in [0.3, 0.4) is 0 Å². The number of fused-ring (bicyclic) bond motifs is 1. The highest BCUT2D eigenvalue weighted by Crippen LogP contribution is 2.17. The zero-order valence-electron chi connectivity index (χ0n) is 17.1. The van der Waals surface area contributed by atoms with Gasteiger partial charge in [-0.1, -0.05) is 54.1 Å². The molecule has 0 aliphatic rings. The Hall–Kier alpha value is -3.36. The molecule has 0 aliphatic carbocycles. The molecular formula is C22H22ClN5O3. The summed E-state index contributed by atoms with van der Waals surface area (Å²) >= 11 is 5.92. The van der Waals surface area contributed by atoms with Crippen LogP contribution < -0.4 is 16.6 Å². The maximum atomic E-state index is 13.2. The first kappa shape index (κ1) is 20.9. The predicted octanol–water partition coefficient (Wildman–Crippen LogP) is 2.28. The molecule has 0 radical (unpaired) electrons. The van der Waals surface area contributed by atoms with Crippen molar-refractivity contribution in [1.29, 1.82) is 0 Å². The molecule has 0 bridgehead atoms. The summed E-state index contributed by atoms with van der Waals surface area (Å²) in [6.07, 6.45) is -0.744. The number of aliphatic hydroxyl groups is 1. The van der Waals surface area contributed by atoms with Gasteiger partial charge in [-0.05, 0) is 23.3 Å². The Bertz CT molecular complexity index is 1340. The molecular weight excluding hydrogens is 418 g/mol. The summed E-state index contributed by atoms with van der Waals surface area (Å²) in [5.41, 5.74) is 1.25. The Morgan fingerprint density at radius 1 is 1.03 bits per heavy atom. The molecule has 0 fully saturated rings. The molecule has 31 heavy (non-hydrogen) atoms. The van der Waals surface area contributed by atoms with E-state index in [4.69, 9.17) is 11.6 Å². The Balaban J connectivity index is 1.69. The van der Waals surface area contributed by atoms with Gasteiger partial charge in [-0.25, -0.2) is 4.79 Å². The normalized spacial score (nSPS) is 12.3. The SMILES string of the molecule is Cn1c(NC[C@H](O)c2ccccc2)nc2c1c(=O)n(Cc1ccc(Cl)cc1)c(=O)n2C. The van der Waals surface area contributed by atoms with Gasteiger partial charge >= 0.3 is 5.69 Å². The number of benzene rings is 2. The molecule has 9 heteroatoms. The van der Waals surface area contributed by atoms with E-state index in [1.807, 2.05) is 30.3 Å². The summed E-state index contributed by atoms with van der Waals surface area (Å²) in [6.45, 7) is 0.327. The van der Waals surface area contributed by atoms with Gasteiger partial charge < -0.3 is 15.0 Å². The average Bonchev–Trinajstić information content (AvgIpc) is 3.12. The number of hydrogen-bond acceptors (Lipinski definition) is 5. The monoisotopic (exact) mass is 439 g/mol. The second-order valence-corrected chi connectivity index (χ2v) is 7.77. The molecule has 2 aromatic heterocycles. The largest absolute Gasteiger partial charge is 0.387 e. The lowest BCUT2D eigenvalue weighted by molar-refractivity contribution is 0.191. The second-order valence-electron chi connectivity index (χ2n) is 7.33. The van der Waals surface area contributed by atoms with Crippen molar-refractivity contribution in [3.05, 3.63) is 91.6 Å². The molecule has 1 atom stereocenters. The fourth-order valence-corrected chi connectivity index (χ4v) is 3.62. The number of aromatic nitrogens is 4. The third kappa shape index (κ3) is 3.99. The van der Waals surface area contributed by atoms with Crippen LogP contribution >= 0.6 is 11.6 Å². The van der Waals surface area contributed by atoms with Crippen molar-refractivity contribution in [2.24, 2.45) is 14.1 Å². The third-order valence-corrected chi connectivity index (χ3v) is 5.50. The minimum Gasteiger partial charge on any atom is -0.387 e. The molecule has 4 rings (SSSR count). The van der Waals surface area contributed by atoms with Crippen LogP contribution in [-0.4, -0.2) is 30.3 Å². The lowest BCUT2D eigenvalue weighted by Crippen LogP contribution is -2.39. The van der Waals surface area contributed by atoms with Crippen LogP contribution in [0.4, 0.5) is 5.95 Å². The molecule has 0 spiro atoms. The van der Waals surface area contributed by atoms with Crippen molar-refractivity contribution in [3.63, 3.8) is 0 Å². The summed E-state index contributed by atoms with van der Waals surface area (Å²) < 4.78 is 4.13. The highest BCUT2D eigenvalue weighted by Gasteiger charge is 2.19. The molecule has 0 saturated heterocycles. The van der Waals surface area contributed by atoms with E-state index in [0.717, 1.165) is 11.1 Å². The van der Waals surface area contributed by atoms with E-state index in [1.54, 1.807) is 42.9 Å². The van der Waals surface area contributed by atoms with Gasteiger partial charge in [0.1, 0.15) is 0 Å². The van der Waals surface area contributed by atoms with Gasteiger partial charge in [0, 0.05) is 25.7 Å². The Labute approximate surface area is 183 Å². The van der Waals surface area contributed by atoms with E-state index in [9.17, 15) is 14.7 Å². The van der Waals surface area contributed by atoms with Crippen molar-refractivity contribution >= 4 is 28.7 Å². The van der Waals surface area contributed by atoms with Crippen molar-refractivity contribution < 1.29 is 5.11 Å². The smallest absolute Gasteiger partial charge is 0.332 e. The molecule has 0 amide bonds. The molecule has 0 unspecified atom stereocenters. The number of imidazole rings is 1. The zero-order chi connectivity index (χ0) is 22.1. The van der Waals surface area contributed by atoms with Crippen molar-refractivity contribution in [3.8, 4) is 0 Å². The van der Waals surface area contributed by atoms with Crippen molar-refractivity contribution in [2.75, 3.05) is 11.9 Å². The van der Waals surface area contributed by atoms with Crippen LogP contribution in [0.5, 0.6) is 0 Å². The van der Waals surface area contributed by atoms with Gasteiger partial charge in [-0.2, -0.15) is 4.98 Å². The molecule has 8 nitrogen and oxygen atoms in total. The highest BCUT2D eigenvalue weighted by atomic mass is 35.5. The maximum Gasteiger partial charge on any atom is 0.332 e. The van der Waals surface area contributed by atoms with E-state index < -0.39 is 17.4 Å². The van der Waals surface area contributed by atoms with Crippen LogP contribution in [0.25, 0.3) is 11.2 Å².